The first-order chi connectivity index (χ1) is 28.3. The molecule has 13 heteroatoms. The first-order valence-electron chi connectivity index (χ1n) is 22.5. The van der Waals surface area contributed by atoms with Crippen molar-refractivity contribution >= 4 is 7.82 Å². The molecule has 2 spiro atoms. The van der Waals surface area contributed by atoms with E-state index in [9.17, 15) is 4.57 Å². The molecule has 0 amide bonds. The lowest BCUT2D eigenvalue weighted by Gasteiger charge is -2.61. The first kappa shape index (κ1) is 41.0. The van der Waals surface area contributed by atoms with E-state index in [2.05, 4.69) is 27.7 Å². The summed E-state index contributed by atoms with van der Waals surface area (Å²) in [6.07, 6.45) is 7.31. The number of phosphoric ester groups is 1. The van der Waals surface area contributed by atoms with Crippen molar-refractivity contribution in [2.45, 2.75) is 153 Å². The summed E-state index contributed by atoms with van der Waals surface area (Å²) in [5.41, 5.74) is -1.34. The predicted octanol–water partition coefficient (Wildman–Crippen LogP) is 10.2. The van der Waals surface area contributed by atoms with Crippen LogP contribution in [0.5, 0.6) is 11.5 Å². The molecule has 59 heavy (non-hydrogen) atoms. The van der Waals surface area contributed by atoms with Gasteiger partial charge in [0.05, 0.1) is 18.8 Å². The molecule has 17 atom stereocenters. The molecule has 8 aliphatic heterocycles. The molecule has 12 nitrogen and oxygen atoms in total. The van der Waals surface area contributed by atoms with Crippen LogP contribution in [0.15, 0.2) is 60.7 Å². The van der Waals surface area contributed by atoms with Gasteiger partial charge in [-0.2, -0.15) is 0 Å². The largest absolute Gasteiger partial charge is 0.587 e. The molecule has 2 aromatic carbocycles. The van der Waals surface area contributed by atoms with Gasteiger partial charge in [0.15, 0.2) is 23.8 Å². The molecule has 2 saturated carbocycles. The van der Waals surface area contributed by atoms with Crippen LogP contribution >= 0.6 is 7.82 Å². The van der Waals surface area contributed by atoms with Gasteiger partial charge in [-0.1, -0.05) is 64.1 Å². The van der Waals surface area contributed by atoms with Crippen LogP contribution in [0, 0.1) is 53.3 Å². The van der Waals surface area contributed by atoms with Crippen LogP contribution in [0.3, 0.4) is 0 Å². The van der Waals surface area contributed by atoms with Crippen LogP contribution in [0.4, 0.5) is 0 Å². The van der Waals surface area contributed by atoms with Crippen LogP contribution in [0.2, 0.25) is 0 Å². The highest BCUT2D eigenvalue weighted by Crippen LogP contribution is 2.63. The van der Waals surface area contributed by atoms with E-state index in [0.717, 1.165) is 51.4 Å². The SMILES string of the molecule is C[C@H]1[C@@H](CC(COP(=O)(Oc2ccccc2)Oc2ccccc2)C[C@H]2O[C@@H]3O[C@]4(C)CC[C@H]5[C@H](C)CC[C@@H]([C@H]2C)[C@@]35OO4)O[C@@H]2O[C@@]3(C)CC[C@H]4[C@H](C)CC[C@@H]1[C@@]24OO3. The fraction of sp³-hybridized carbons (Fsp3) is 0.739. The third-order valence-corrected chi connectivity index (χ3v) is 17.4. The molecule has 10 fully saturated rings. The van der Waals surface area contributed by atoms with Crippen LogP contribution in [0.25, 0.3) is 0 Å². The Morgan fingerprint density at radius 2 is 1.05 bits per heavy atom. The van der Waals surface area contributed by atoms with Gasteiger partial charge in [0.2, 0.25) is 11.6 Å². The maximum absolute atomic E-state index is 14.8. The van der Waals surface area contributed by atoms with Gasteiger partial charge in [0.1, 0.15) is 11.5 Å². The third-order valence-electron chi connectivity index (χ3n) is 16.1. The normalized spacial score (nSPS) is 46.6. The maximum Gasteiger partial charge on any atom is 0.587 e. The average Bonchev–Trinajstić information content (AvgIpc) is 3.59. The number of hydrogen-bond acceptors (Lipinski definition) is 12. The molecule has 8 saturated heterocycles. The smallest absolute Gasteiger partial charge is 0.395 e. The average molecular weight is 839 g/mol. The van der Waals surface area contributed by atoms with Gasteiger partial charge in [-0.3, -0.25) is 4.52 Å². The Morgan fingerprint density at radius 1 is 0.610 bits per heavy atom. The van der Waals surface area contributed by atoms with Crippen molar-refractivity contribution in [3.63, 3.8) is 0 Å². The number of fused-ring (bicyclic) bond motifs is 4. The summed E-state index contributed by atoms with van der Waals surface area (Å²) in [5, 5.41) is 0. The van der Waals surface area contributed by atoms with Gasteiger partial charge in [-0.25, -0.2) is 24.1 Å². The van der Waals surface area contributed by atoms with E-state index in [4.69, 9.17) is 52.1 Å². The lowest BCUT2D eigenvalue weighted by atomic mass is 9.56. The second kappa shape index (κ2) is 15.3. The summed E-state index contributed by atoms with van der Waals surface area (Å²) < 4.78 is 61.3. The number of benzene rings is 2. The summed E-state index contributed by atoms with van der Waals surface area (Å²) in [7, 11) is -4.20. The topological polar surface area (TPSA) is 119 Å². The van der Waals surface area contributed by atoms with Crippen molar-refractivity contribution < 1.29 is 56.6 Å². The third kappa shape index (κ3) is 7.04. The van der Waals surface area contributed by atoms with E-state index in [0.29, 0.717) is 36.2 Å². The molecular weight excluding hydrogens is 775 g/mol. The van der Waals surface area contributed by atoms with Gasteiger partial charge in [-0.05, 0) is 131 Å². The van der Waals surface area contributed by atoms with E-state index >= 15 is 0 Å². The Balaban J connectivity index is 0.963. The van der Waals surface area contributed by atoms with Crippen molar-refractivity contribution in [2.24, 2.45) is 53.3 Å². The summed E-state index contributed by atoms with van der Waals surface area (Å²) in [6.45, 7) is 13.2. The number of rotatable bonds is 11. The Bertz CT molecular complexity index is 1730. The van der Waals surface area contributed by atoms with Crippen molar-refractivity contribution in [1.82, 2.24) is 0 Å². The molecule has 0 aromatic heterocycles. The van der Waals surface area contributed by atoms with E-state index in [-0.39, 0.29) is 60.2 Å². The number of hydrogen-bond donors (Lipinski definition) is 0. The monoisotopic (exact) mass is 838 g/mol. The minimum Gasteiger partial charge on any atom is -0.395 e. The van der Waals surface area contributed by atoms with Gasteiger partial charge in [-0.15, -0.1) is 0 Å². The molecule has 2 aliphatic carbocycles. The quantitative estimate of drug-likeness (QED) is 0.158. The molecule has 324 valence electrons. The van der Waals surface area contributed by atoms with E-state index < -0.39 is 43.2 Å². The van der Waals surface area contributed by atoms with Crippen molar-refractivity contribution in [3.8, 4) is 11.5 Å². The Morgan fingerprint density at radius 3 is 1.49 bits per heavy atom. The minimum absolute atomic E-state index is 0.0761. The highest BCUT2D eigenvalue weighted by Gasteiger charge is 2.71. The first-order valence-corrected chi connectivity index (χ1v) is 23.9. The number of ether oxygens (including phenoxy) is 4. The van der Waals surface area contributed by atoms with Gasteiger partial charge in [0.25, 0.3) is 0 Å². The van der Waals surface area contributed by atoms with Gasteiger partial charge < -0.3 is 28.0 Å². The van der Waals surface area contributed by atoms with Crippen LogP contribution in [0.1, 0.15) is 106 Å². The molecule has 10 aliphatic rings. The van der Waals surface area contributed by atoms with E-state index in [1.54, 1.807) is 24.3 Å². The van der Waals surface area contributed by atoms with Crippen LogP contribution in [-0.2, 0) is 47.6 Å². The molecule has 1 unspecified atom stereocenters. The number of phosphoric acid groups is 1. The molecule has 0 N–H and O–H groups in total. The fourth-order valence-electron chi connectivity index (χ4n) is 12.9. The second-order valence-corrected chi connectivity index (χ2v) is 21.3. The Hall–Kier alpha value is -2.09. The highest BCUT2D eigenvalue weighted by molar-refractivity contribution is 7.49. The zero-order valence-electron chi connectivity index (χ0n) is 35.4. The van der Waals surface area contributed by atoms with Crippen molar-refractivity contribution in [2.75, 3.05) is 6.61 Å². The number of para-hydroxylation sites is 2. The van der Waals surface area contributed by atoms with Crippen molar-refractivity contribution in [3.05, 3.63) is 60.7 Å². The fourth-order valence-corrected chi connectivity index (χ4v) is 14.2. The van der Waals surface area contributed by atoms with Gasteiger partial charge >= 0.3 is 7.82 Å². The zero-order valence-corrected chi connectivity index (χ0v) is 36.3. The highest BCUT2D eigenvalue weighted by atomic mass is 31.2. The Kier molecular flexibility index (Phi) is 10.6. The summed E-state index contributed by atoms with van der Waals surface area (Å²) in [5.74, 6) is 0.880. The zero-order chi connectivity index (χ0) is 40.8. The second-order valence-electron chi connectivity index (χ2n) is 19.8. The van der Waals surface area contributed by atoms with E-state index in [1.807, 2.05) is 50.2 Å². The molecular formula is C46H63O12P. The van der Waals surface area contributed by atoms with Crippen LogP contribution in [-0.4, -0.2) is 54.2 Å². The van der Waals surface area contributed by atoms with Crippen molar-refractivity contribution in [1.29, 1.82) is 0 Å². The molecule has 8 heterocycles. The molecule has 2 aromatic rings. The van der Waals surface area contributed by atoms with E-state index in [1.165, 1.54) is 0 Å². The molecule has 0 radical (unpaired) electrons. The lowest BCUT2D eigenvalue weighted by Crippen LogP contribution is -2.70. The maximum atomic E-state index is 14.8. The molecule has 4 bridgehead atoms. The summed E-state index contributed by atoms with van der Waals surface area (Å²) in [4.78, 5) is 25.2. The lowest BCUT2D eigenvalue weighted by molar-refractivity contribution is -0.571. The summed E-state index contributed by atoms with van der Waals surface area (Å²) >= 11 is 0. The summed E-state index contributed by atoms with van der Waals surface area (Å²) in [6, 6.07) is 18.1. The Labute approximate surface area is 349 Å². The van der Waals surface area contributed by atoms with Crippen LogP contribution < -0.4 is 9.05 Å². The van der Waals surface area contributed by atoms with Gasteiger partial charge in [0, 0.05) is 24.7 Å². The standard InChI is InChI=1S/C46H63O12P/c1-28-17-19-37-30(3)39(49-41-45(37)35(28)21-23-43(5,51-41)55-57-45)25-32(27-48-59(47,53-33-13-9-7-10-14-33)54-34-15-11-8-12-16-34)26-40-31(4)38-20-18-29(2)36-22-24-44(6)52-42(50-40)46(36,38)58-56-44/h7-16,28-32,35-42H,17-27H2,1-6H3/t28-,29-,30-,31-,32?,35+,36+,37+,38+,39-,40-,41-,42-,43-,44+,45-,46-/m1/s1. The molecule has 12 rings (SSSR count). The predicted molar refractivity (Wildman–Crippen MR) is 214 cm³/mol. The minimum atomic E-state index is -4.20.